The summed E-state index contributed by atoms with van der Waals surface area (Å²) in [5.74, 6) is 7.23. The normalized spacial score (nSPS) is 10.9. The number of hydrogen-bond donors (Lipinski definition) is 2. The van der Waals surface area contributed by atoms with Gasteiger partial charge < -0.3 is 11.2 Å². The number of nitrogens with two attached hydrogens (primary N) is 1. The topological polar surface area (TPSA) is 85.8 Å². The fourth-order valence-corrected chi connectivity index (χ4v) is 2.78. The number of amides is 1. The zero-order valence-corrected chi connectivity index (χ0v) is 14.8. The summed E-state index contributed by atoms with van der Waals surface area (Å²) in [6, 6.07) is 7.65. The Balaban J connectivity index is 2.01. The molecule has 0 spiro atoms. The summed E-state index contributed by atoms with van der Waals surface area (Å²) in [5.41, 5.74) is 0.862. The summed E-state index contributed by atoms with van der Waals surface area (Å²) < 4.78 is 2.34. The number of nitrogens with one attached hydrogen (secondary N) is 1. The smallest absolute Gasteiger partial charge is 0.230 e. The molecule has 0 atom stereocenters. The van der Waals surface area contributed by atoms with Crippen LogP contribution in [-0.2, 0) is 4.79 Å². The second-order valence-corrected chi connectivity index (χ2v) is 7.03. The van der Waals surface area contributed by atoms with E-state index < -0.39 is 0 Å². The molecule has 0 saturated carbocycles. The molecule has 0 bridgehead atoms. The average Bonchev–Trinajstić information content (AvgIpc) is 2.84. The number of thioether (sulfide) groups is 1. The van der Waals surface area contributed by atoms with Gasteiger partial charge in [-0.05, 0) is 18.1 Å². The molecular formula is C14H18BrN5OS. The van der Waals surface area contributed by atoms with Gasteiger partial charge in [-0.15, -0.1) is 10.2 Å². The van der Waals surface area contributed by atoms with Crippen LogP contribution in [0.5, 0.6) is 0 Å². The van der Waals surface area contributed by atoms with Crippen molar-refractivity contribution in [3.8, 4) is 11.4 Å². The standard InChI is InChI=1S/C14H18BrN5OS/c1-9(2)7-17-12(21)8-22-14-19-18-13(20(14)16)10-4-3-5-11(15)6-10/h3-6,9H,7-8,16H2,1-2H3,(H,17,21). The molecule has 2 aromatic rings. The number of nitrogen functional groups attached to an aromatic ring is 1. The Kier molecular flexibility index (Phi) is 5.84. The third kappa shape index (κ3) is 4.48. The molecule has 3 N–H and O–H groups in total. The minimum absolute atomic E-state index is 0.0364. The highest BCUT2D eigenvalue weighted by atomic mass is 79.9. The number of halogens is 1. The van der Waals surface area contributed by atoms with E-state index in [4.69, 9.17) is 5.84 Å². The number of carbonyl (C=O) groups excluding carboxylic acids is 1. The molecule has 0 aliphatic rings. The molecule has 0 saturated heterocycles. The minimum Gasteiger partial charge on any atom is -0.355 e. The number of carbonyl (C=O) groups is 1. The van der Waals surface area contributed by atoms with Crippen molar-refractivity contribution in [2.75, 3.05) is 18.1 Å². The van der Waals surface area contributed by atoms with Crippen molar-refractivity contribution in [1.82, 2.24) is 20.2 Å². The highest BCUT2D eigenvalue weighted by Gasteiger charge is 2.14. The van der Waals surface area contributed by atoms with Crippen LogP contribution in [0.1, 0.15) is 13.8 Å². The van der Waals surface area contributed by atoms with Gasteiger partial charge in [-0.2, -0.15) is 0 Å². The number of benzene rings is 1. The van der Waals surface area contributed by atoms with Crippen molar-refractivity contribution in [2.45, 2.75) is 19.0 Å². The van der Waals surface area contributed by atoms with Crippen molar-refractivity contribution in [2.24, 2.45) is 5.92 Å². The fraction of sp³-hybridized carbons (Fsp3) is 0.357. The van der Waals surface area contributed by atoms with Gasteiger partial charge in [0.2, 0.25) is 11.1 Å². The Morgan fingerprint density at radius 1 is 1.45 bits per heavy atom. The first-order valence-corrected chi connectivity index (χ1v) is 8.61. The van der Waals surface area contributed by atoms with Crippen LogP contribution in [0, 0.1) is 5.92 Å². The number of rotatable bonds is 6. The lowest BCUT2D eigenvalue weighted by Gasteiger charge is -2.07. The van der Waals surface area contributed by atoms with E-state index >= 15 is 0 Å². The summed E-state index contributed by atoms with van der Waals surface area (Å²) in [4.78, 5) is 11.7. The molecule has 0 unspecified atom stereocenters. The Hall–Kier alpha value is -1.54. The highest BCUT2D eigenvalue weighted by Crippen LogP contribution is 2.23. The Morgan fingerprint density at radius 3 is 2.91 bits per heavy atom. The van der Waals surface area contributed by atoms with Gasteiger partial charge in [-0.25, -0.2) is 4.68 Å². The maximum absolute atomic E-state index is 11.7. The zero-order valence-electron chi connectivity index (χ0n) is 12.4. The Labute approximate surface area is 142 Å². The van der Waals surface area contributed by atoms with E-state index in [0.717, 1.165) is 10.0 Å². The lowest BCUT2D eigenvalue weighted by Crippen LogP contribution is -2.29. The summed E-state index contributed by atoms with van der Waals surface area (Å²) in [7, 11) is 0. The molecule has 0 fully saturated rings. The third-order valence-electron chi connectivity index (χ3n) is 2.79. The van der Waals surface area contributed by atoms with Gasteiger partial charge in [0, 0.05) is 16.6 Å². The van der Waals surface area contributed by atoms with E-state index in [1.165, 1.54) is 16.4 Å². The second kappa shape index (κ2) is 7.64. The largest absolute Gasteiger partial charge is 0.355 e. The van der Waals surface area contributed by atoms with Gasteiger partial charge in [-0.1, -0.05) is 53.7 Å². The molecule has 6 nitrogen and oxygen atoms in total. The van der Waals surface area contributed by atoms with Crippen LogP contribution < -0.4 is 11.2 Å². The van der Waals surface area contributed by atoms with Crippen molar-refractivity contribution < 1.29 is 4.79 Å². The fourth-order valence-electron chi connectivity index (χ4n) is 1.70. The van der Waals surface area contributed by atoms with E-state index in [-0.39, 0.29) is 11.7 Å². The van der Waals surface area contributed by atoms with Crippen LogP contribution in [0.25, 0.3) is 11.4 Å². The van der Waals surface area contributed by atoms with E-state index in [2.05, 4.69) is 31.4 Å². The molecule has 1 aromatic heterocycles. The molecule has 1 heterocycles. The summed E-state index contributed by atoms with van der Waals surface area (Å²) in [6.07, 6.45) is 0. The molecule has 118 valence electrons. The Morgan fingerprint density at radius 2 is 2.23 bits per heavy atom. The predicted molar refractivity (Wildman–Crippen MR) is 91.9 cm³/mol. The molecule has 0 aliphatic carbocycles. The van der Waals surface area contributed by atoms with Gasteiger partial charge in [-0.3, -0.25) is 4.79 Å². The third-order valence-corrected chi connectivity index (χ3v) is 4.22. The van der Waals surface area contributed by atoms with Gasteiger partial charge >= 0.3 is 0 Å². The SMILES string of the molecule is CC(C)CNC(=O)CSc1nnc(-c2cccc(Br)c2)n1N. The predicted octanol–water partition coefficient (Wildman–Crippen LogP) is 2.29. The first-order chi connectivity index (χ1) is 10.5. The first kappa shape index (κ1) is 16.8. The maximum Gasteiger partial charge on any atom is 0.230 e. The number of nitrogens with zero attached hydrogens (tertiary/aromatic N) is 3. The molecule has 0 radical (unpaired) electrons. The van der Waals surface area contributed by atoms with Gasteiger partial charge in [0.15, 0.2) is 5.82 Å². The Bertz CT molecular complexity index is 658. The van der Waals surface area contributed by atoms with Crippen LogP contribution in [0.2, 0.25) is 0 Å². The average molecular weight is 384 g/mol. The van der Waals surface area contributed by atoms with Crippen LogP contribution in [0.3, 0.4) is 0 Å². The first-order valence-electron chi connectivity index (χ1n) is 6.83. The molecule has 1 amide bonds. The molecule has 1 aromatic carbocycles. The van der Waals surface area contributed by atoms with Gasteiger partial charge in [0.05, 0.1) is 5.75 Å². The van der Waals surface area contributed by atoms with E-state index in [0.29, 0.717) is 23.4 Å². The van der Waals surface area contributed by atoms with E-state index in [9.17, 15) is 4.79 Å². The van der Waals surface area contributed by atoms with Crippen LogP contribution in [0.15, 0.2) is 33.9 Å². The van der Waals surface area contributed by atoms with E-state index in [1.807, 2.05) is 38.1 Å². The molecule has 2 rings (SSSR count). The van der Waals surface area contributed by atoms with Crippen molar-refractivity contribution in [1.29, 1.82) is 0 Å². The van der Waals surface area contributed by atoms with Crippen LogP contribution in [-0.4, -0.2) is 33.1 Å². The molecule has 8 heteroatoms. The molecular weight excluding hydrogens is 366 g/mol. The molecule has 22 heavy (non-hydrogen) atoms. The lowest BCUT2D eigenvalue weighted by molar-refractivity contribution is -0.118. The van der Waals surface area contributed by atoms with Crippen LogP contribution in [0.4, 0.5) is 0 Å². The summed E-state index contributed by atoms with van der Waals surface area (Å²) in [6.45, 7) is 4.76. The summed E-state index contributed by atoms with van der Waals surface area (Å²) in [5, 5.41) is 11.5. The maximum atomic E-state index is 11.7. The van der Waals surface area contributed by atoms with Gasteiger partial charge in [0.25, 0.3) is 0 Å². The van der Waals surface area contributed by atoms with Crippen molar-refractivity contribution >= 4 is 33.6 Å². The van der Waals surface area contributed by atoms with Gasteiger partial charge in [0.1, 0.15) is 0 Å². The quantitative estimate of drug-likeness (QED) is 0.590. The highest BCUT2D eigenvalue weighted by molar-refractivity contribution is 9.10. The van der Waals surface area contributed by atoms with Crippen molar-refractivity contribution in [3.05, 3.63) is 28.7 Å². The number of hydrogen-bond acceptors (Lipinski definition) is 5. The number of aromatic nitrogens is 3. The monoisotopic (exact) mass is 383 g/mol. The van der Waals surface area contributed by atoms with Crippen LogP contribution >= 0.6 is 27.7 Å². The molecule has 0 aliphatic heterocycles. The van der Waals surface area contributed by atoms with E-state index in [1.54, 1.807) is 0 Å². The van der Waals surface area contributed by atoms with Crippen molar-refractivity contribution in [3.63, 3.8) is 0 Å². The lowest BCUT2D eigenvalue weighted by atomic mass is 10.2. The zero-order chi connectivity index (χ0) is 16.1. The minimum atomic E-state index is -0.0364. The second-order valence-electron chi connectivity index (χ2n) is 5.17. The summed E-state index contributed by atoms with van der Waals surface area (Å²) >= 11 is 4.68.